The van der Waals surface area contributed by atoms with Crippen molar-refractivity contribution in [3.8, 4) is 0 Å². The van der Waals surface area contributed by atoms with Crippen molar-refractivity contribution in [1.29, 1.82) is 0 Å². The smallest absolute Gasteiger partial charge is 0.0181 e. The van der Waals surface area contributed by atoms with Gasteiger partial charge in [0.2, 0.25) is 0 Å². The normalized spacial score (nSPS) is 18.4. The van der Waals surface area contributed by atoms with Gasteiger partial charge in [0.25, 0.3) is 0 Å². The van der Waals surface area contributed by atoms with E-state index in [0.717, 1.165) is 30.7 Å². The van der Waals surface area contributed by atoms with Crippen LogP contribution in [0, 0.1) is 0 Å². The van der Waals surface area contributed by atoms with Crippen molar-refractivity contribution in [3.63, 3.8) is 0 Å². The van der Waals surface area contributed by atoms with E-state index in [1.807, 2.05) is 0 Å². The van der Waals surface area contributed by atoms with Crippen molar-refractivity contribution in [2.45, 2.75) is 6.42 Å². The molecule has 17 heavy (non-hydrogen) atoms. The number of nitrogens with zero attached hydrogens (tertiary/aromatic N) is 1. The van der Waals surface area contributed by atoms with Crippen LogP contribution in [0.4, 0.5) is 0 Å². The van der Waals surface area contributed by atoms with Crippen molar-refractivity contribution >= 4 is 22.0 Å². The van der Waals surface area contributed by atoms with Gasteiger partial charge in [0.1, 0.15) is 0 Å². The quantitative estimate of drug-likeness (QED) is 0.922. The van der Waals surface area contributed by atoms with Crippen molar-refractivity contribution in [2.24, 2.45) is 0 Å². The van der Waals surface area contributed by atoms with Gasteiger partial charge in [0.05, 0.1) is 0 Å². The number of nitrogens with one attached hydrogen (secondary N) is 1. The third-order valence-electron chi connectivity index (χ3n) is 2.96. The summed E-state index contributed by atoms with van der Waals surface area (Å²) in [6, 6.07) is 8.39. The van der Waals surface area contributed by atoms with Crippen molar-refractivity contribution in [2.75, 3.05) is 32.7 Å². The van der Waals surface area contributed by atoms with Crippen LogP contribution in [0.1, 0.15) is 12.0 Å². The molecule has 1 aliphatic rings. The molecule has 1 aliphatic heterocycles. The summed E-state index contributed by atoms with van der Waals surface area (Å²) >= 11 is 3.49. The zero-order chi connectivity index (χ0) is 11.9. The van der Waals surface area contributed by atoms with E-state index < -0.39 is 0 Å². The van der Waals surface area contributed by atoms with E-state index in [1.165, 1.54) is 18.5 Å². The van der Waals surface area contributed by atoms with Crippen LogP contribution in [0.15, 0.2) is 34.8 Å². The zero-order valence-corrected chi connectivity index (χ0v) is 11.6. The maximum absolute atomic E-state index is 3.49. The molecule has 1 aromatic carbocycles. The molecule has 0 bridgehead atoms. The molecule has 0 aromatic heterocycles. The standard InChI is InChI=1S/C14H19BrN2/c15-14-6-1-4-13(12-14)5-2-9-17-10-3-7-16-8-11-17/h1-2,4-6,12,16H,3,7-11H2. The first-order valence-electron chi connectivity index (χ1n) is 6.20. The summed E-state index contributed by atoms with van der Waals surface area (Å²) in [4.78, 5) is 2.49. The number of hydrogen-bond acceptors (Lipinski definition) is 2. The highest BCUT2D eigenvalue weighted by Crippen LogP contribution is 2.12. The topological polar surface area (TPSA) is 15.3 Å². The lowest BCUT2D eigenvalue weighted by atomic mass is 10.2. The van der Waals surface area contributed by atoms with Crippen LogP contribution < -0.4 is 5.32 Å². The van der Waals surface area contributed by atoms with Gasteiger partial charge in [-0.25, -0.2) is 0 Å². The minimum Gasteiger partial charge on any atom is -0.315 e. The maximum atomic E-state index is 3.49. The lowest BCUT2D eigenvalue weighted by Crippen LogP contribution is -2.28. The Morgan fingerprint density at radius 3 is 3.12 bits per heavy atom. The monoisotopic (exact) mass is 294 g/mol. The Labute approximate surface area is 112 Å². The molecule has 0 atom stereocenters. The highest BCUT2D eigenvalue weighted by molar-refractivity contribution is 9.10. The summed E-state index contributed by atoms with van der Waals surface area (Å²) in [5.41, 5.74) is 1.26. The van der Waals surface area contributed by atoms with Crippen LogP contribution in [0.5, 0.6) is 0 Å². The Kier molecular flexibility index (Phi) is 5.23. The van der Waals surface area contributed by atoms with E-state index in [2.05, 4.69) is 62.6 Å². The molecule has 1 heterocycles. The summed E-state index contributed by atoms with van der Waals surface area (Å²) in [6.07, 6.45) is 5.71. The Hall–Kier alpha value is -0.640. The van der Waals surface area contributed by atoms with E-state index in [0.29, 0.717) is 0 Å². The summed E-state index contributed by atoms with van der Waals surface area (Å²) in [5, 5.41) is 3.42. The summed E-state index contributed by atoms with van der Waals surface area (Å²) in [6.45, 7) is 5.68. The Morgan fingerprint density at radius 1 is 1.29 bits per heavy atom. The highest BCUT2D eigenvalue weighted by atomic mass is 79.9. The average molecular weight is 295 g/mol. The third-order valence-corrected chi connectivity index (χ3v) is 3.45. The summed E-state index contributed by atoms with van der Waals surface area (Å²) < 4.78 is 1.14. The molecule has 1 saturated heterocycles. The van der Waals surface area contributed by atoms with Gasteiger partial charge >= 0.3 is 0 Å². The maximum Gasteiger partial charge on any atom is 0.0181 e. The molecule has 0 unspecified atom stereocenters. The number of halogens is 1. The van der Waals surface area contributed by atoms with E-state index >= 15 is 0 Å². The van der Waals surface area contributed by atoms with Gasteiger partial charge < -0.3 is 5.32 Å². The fourth-order valence-electron chi connectivity index (χ4n) is 2.03. The molecule has 1 N–H and O–H groups in total. The second-order valence-corrected chi connectivity index (χ2v) is 5.28. The van der Waals surface area contributed by atoms with Gasteiger partial charge in [-0.2, -0.15) is 0 Å². The molecule has 92 valence electrons. The SMILES string of the molecule is Brc1cccc(C=CCN2CCCNCC2)c1. The molecule has 0 amide bonds. The third kappa shape index (κ3) is 4.62. The largest absolute Gasteiger partial charge is 0.315 e. The van der Waals surface area contributed by atoms with Crippen LogP contribution in [0.25, 0.3) is 6.08 Å². The molecule has 1 aromatic rings. The Balaban J connectivity index is 1.84. The molecule has 1 fully saturated rings. The fraction of sp³-hybridized carbons (Fsp3) is 0.429. The molecule has 0 spiro atoms. The summed E-state index contributed by atoms with van der Waals surface area (Å²) in [7, 11) is 0. The average Bonchev–Trinajstić information content (AvgIpc) is 2.58. The second kappa shape index (κ2) is 6.94. The van der Waals surface area contributed by atoms with E-state index in [1.54, 1.807) is 0 Å². The Bertz CT molecular complexity index is 368. The molecule has 3 heteroatoms. The van der Waals surface area contributed by atoms with Gasteiger partial charge in [-0.1, -0.05) is 40.2 Å². The number of rotatable bonds is 3. The lowest BCUT2D eigenvalue weighted by molar-refractivity contribution is 0.324. The molecule has 0 aliphatic carbocycles. The zero-order valence-electron chi connectivity index (χ0n) is 10.0. The van der Waals surface area contributed by atoms with Crippen LogP contribution in [0.3, 0.4) is 0 Å². The van der Waals surface area contributed by atoms with E-state index in [9.17, 15) is 0 Å². The number of benzene rings is 1. The van der Waals surface area contributed by atoms with E-state index in [4.69, 9.17) is 0 Å². The van der Waals surface area contributed by atoms with Crippen molar-refractivity contribution < 1.29 is 0 Å². The predicted octanol–water partition coefficient (Wildman–Crippen LogP) is 2.76. The Morgan fingerprint density at radius 2 is 2.24 bits per heavy atom. The first kappa shape index (κ1) is 12.8. The first-order chi connectivity index (χ1) is 8.34. The molecule has 0 saturated carbocycles. The predicted molar refractivity (Wildman–Crippen MR) is 77.1 cm³/mol. The van der Waals surface area contributed by atoms with E-state index in [-0.39, 0.29) is 0 Å². The van der Waals surface area contributed by atoms with Gasteiger partial charge in [0.15, 0.2) is 0 Å². The molecular weight excluding hydrogens is 276 g/mol. The van der Waals surface area contributed by atoms with Crippen molar-refractivity contribution in [1.82, 2.24) is 10.2 Å². The lowest BCUT2D eigenvalue weighted by Gasteiger charge is -2.16. The first-order valence-corrected chi connectivity index (χ1v) is 6.99. The molecular formula is C14H19BrN2. The minimum absolute atomic E-state index is 1.05. The van der Waals surface area contributed by atoms with Crippen LogP contribution in [-0.4, -0.2) is 37.6 Å². The van der Waals surface area contributed by atoms with Gasteiger partial charge in [-0.15, -0.1) is 0 Å². The van der Waals surface area contributed by atoms with Crippen LogP contribution in [0.2, 0.25) is 0 Å². The molecule has 2 rings (SSSR count). The van der Waals surface area contributed by atoms with Crippen LogP contribution in [-0.2, 0) is 0 Å². The van der Waals surface area contributed by atoms with Crippen molar-refractivity contribution in [3.05, 3.63) is 40.4 Å². The minimum atomic E-state index is 1.05. The highest BCUT2D eigenvalue weighted by Gasteiger charge is 2.05. The molecule has 2 nitrogen and oxygen atoms in total. The van der Waals surface area contributed by atoms with Gasteiger partial charge in [-0.3, -0.25) is 4.90 Å². The van der Waals surface area contributed by atoms with Crippen LogP contribution >= 0.6 is 15.9 Å². The second-order valence-electron chi connectivity index (χ2n) is 4.36. The molecule has 0 radical (unpaired) electrons. The number of hydrogen-bond donors (Lipinski definition) is 1. The van der Waals surface area contributed by atoms with Gasteiger partial charge in [-0.05, 0) is 37.2 Å². The van der Waals surface area contributed by atoms with Gasteiger partial charge in [0, 0.05) is 24.1 Å². The fourth-order valence-corrected chi connectivity index (χ4v) is 2.45. The summed E-state index contributed by atoms with van der Waals surface area (Å²) in [5.74, 6) is 0.